The highest BCUT2D eigenvalue weighted by Crippen LogP contribution is 2.28. The van der Waals surface area contributed by atoms with Crippen LogP contribution in [0.1, 0.15) is 76.7 Å². The number of carbonyl (C=O) groups is 1. The smallest absolute Gasteiger partial charge is 0.276 e. The van der Waals surface area contributed by atoms with Gasteiger partial charge in [0.15, 0.2) is 5.69 Å². The molecule has 6 heteroatoms. The van der Waals surface area contributed by atoms with Crippen LogP contribution < -0.4 is 0 Å². The molecule has 0 radical (unpaired) electrons. The second kappa shape index (κ2) is 7.44. The molecule has 1 amide bonds. The zero-order valence-corrected chi connectivity index (χ0v) is 16.1. The number of ether oxygens (including phenoxy) is 1. The molecule has 0 atom stereocenters. The van der Waals surface area contributed by atoms with Gasteiger partial charge in [-0.2, -0.15) is 0 Å². The van der Waals surface area contributed by atoms with Crippen LogP contribution in [0.2, 0.25) is 0 Å². The minimum Gasteiger partial charge on any atom is -0.375 e. The van der Waals surface area contributed by atoms with Crippen LogP contribution in [0.5, 0.6) is 0 Å². The maximum Gasteiger partial charge on any atom is 0.276 e. The topological polar surface area (TPSA) is 60.2 Å². The van der Waals surface area contributed by atoms with Gasteiger partial charge in [0.1, 0.15) is 0 Å². The molecule has 1 aliphatic carbocycles. The van der Waals surface area contributed by atoms with Gasteiger partial charge in [0.05, 0.1) is 23.9 Å². The van der Waals surface area contributed by atoms with Gasteiger partial charge in [-0.3, -0.25) is 4.79 Å². The molecule has 1 aliphatic heterocycles. The van der Waals surface area contributed by atoms with Crippen LogP contribution in [0.25, 0.3) is 0 Å². The fourth-order valence-corrected chi connectivity index (χ4v) is 3.68. The van der Waals surface area contributed by atoms with E-state index >= 15 is 0 Å². The molecule has 2 aliphatic rings. The van der Waals surface area contributed by atoms with E-state index in [4.69, 9.17) is 4.74 Å². The first kappa shape index (κ1) is 18.4. The van der Waals surface area contributed by atoms with Crippen LogP contribution in [0.3, 0.4) is 0 Å². The zero-order chi connectivity index (χ0) is 18.0. The van der Waals surface area contributed by atoms with Crippen molar-refractivity contribution in [2.45, 2.75) is 84.0 Å². The summed E-state index contributed by atoms with van der Waals surface area (Å²) < 4.78 is 8.04. The maximum absolute atomic E-state index is 12.6. The maximum atomic E-state index is 12.6. The van der Waals surface area contributed by atoms with Crippen LogP contribution in [0.4, 0.5) is 0 Å². The summed E-state index contributed by atoms with van der Waals surface area (Å²) in [4.78, 5) is 14.5. The van der Waals surface area contributed by atoms with E-state index in [0.29, 0.717) is 17.9 Å². The van der Waals surface area contributed by atoms with Gasteiger partial charge in [-0.1, -0.05) is 12.1 Å². The molecule has 0 unspecified atom stereocenters. The molecule has 3 rings (SSSR count). The summed E-state index contributed by atoms with van der Waals surface area (Å²) in [7, 11) is 0. The Morgan fingerprint density at radius 1 is 1.08 bits per heavy atom. The molecule has 6 nitrogen and oxygen atoms in total. The largest absolute Gasteiger partial charge is 0.375 e. The normalized spacial score (nSPS) is 26.0. The Morgan fingerprint density at radius 2 is 1.68 bits per heavy atom. The Bertz CT molecular complexity index is 576. The van der Waals surface area contributed by atoms with Crippen molar-refractivity contribution in [3.63, 3.8) is 0 Å². The van der Waals surface area contributed by atoms with E-state index in [0.717, 1.165) is 31.8 Å². The van der Waals surface area contributed by atoms with E-state index in [1.54, 1.807) is 10.9 Å². The highest BCUT2D eigenvalue weighted by molar-refractivity contribution is 5.92. The van der Waals surface area contributed by atoms with Gasteiger partial charge in [0, 0.05) is 13.1 Å². The Morgan fingerprint density at radius 3 is 2.24 bits per heavy atom. The number of carbonyl (C=O) groups excluding carboxylic acids is 1. The summed E-state index contributed by atoms with van der Waals surface area (Å²) in [6, 6.07) is 0. The molecule has 1 aromatic heterocycles. The monoisotopic (exact) mass is 348 g/mol. The van der Waals surface area contributed by atoms with Crippen LogP contribution in [0, 0.1) is 5.92 Å². The van der Waals surface area contributed by atoms with Crippen LogP contribution in [-0.4, -0.2) is 51.1 Å². The van der Waals surface area contributed by atoms with E-state index in [9.17, 15) is 4.79 Å². The second-order valence-corrected chi connectivity index (χ2v) is 8.73. The van der Waals surface area contributed by atoms with Crippen molar-refractivity contribution in [3.05, 3.63) is 11.9 Å². The van der Waals surface area contributed by atoms with E-state index in [2.05, 4.69) is 17.2 Å². The average Bonchev–Trinajstić information content (AvgIpc) is 3.07. The molecule has 0 bridgehead atoms. The number of hydrogen-bond acceptors (Lipinski definition) is 4. The van der Waals surface area contributed by atoms with Crippen molar-refractivity contribution in [3.8, 4) is 0 Å². The van der Waals surface area contributed by atoms with Gasteiger partial charge < -0.3 is 9.64 Å². The van der Waals surface area contributed by atoms with Gasteiger partial charge in [0.2, 0.25) is 0 Å². The van der Waals surface area contributed by atoms with Crippen molar-refractivity contribution in [2.75, 3.05) is 13.1 Å². The molecule has 0 N–H and O–H groups in total. The van der Waals surface area contributed by atoms with Crippen LogP contribution in [0.15, 0.2) is 6.20 Å². The molecule has 1 aromatic rings. The molecular formula is C19H32N4O2. The fourth-order valence-electron chi connectivity index (χ4n) is 3.68. The molecular weight excluding hydrogens is 316 g/mol. The van der Waals surface area contributed by atoms with Gasteiger partial charge in [-0.25, -0.2) is 4.68 Å². The lowest BCUT2D eigenvalue weighted by molar-refractivity contribution is -0.0571. The minimum absolute atomic E-state index is 0.0135. The standard InChI is InChI=1S/C19H32N4O2/c1-14-5-7-15(8-6-14)25-16-9-11-22(12-10-16)18(24)17-13-23(21-20-17)19(2,3)4/h13-16H,5-12H2,1-4H3. The molecule has 1 saturated carbocycles. The molecule has 25 heavy (non-hydrogen) atoms. The highest BCUT2D eigenvalue weighted by Gasteiger charge is 2.29. The van der Waals surface area contributed by atoms with E-state index in [-0.39, 0.29) is 11.4 Å². The Labute approximate surface area is 150 Å². The lowest BCUT2D eigenvalue weighted by atomic mass is 9.88. The van der Waals surface area contributed by atoms with E-state index in [1.165, 1.54) is 25.7 Å². The number of amides is 1. The molecule has 1 saturated heterocycles. The quantitative estimate of drug-likeness (QED) is 0.841. The van der Waals surface area contributed by atoms with Crippen molar-refractivity contribution >= 4 is 5.91 Å². The number of piperidine rings is 1. The van der Waals surface area contributed by atoms with E-state index in [1.807, 2.05) is 25.7 Å². The lowest BCUT2D eigenvalue weighted by Gasteiger charge is -2.35. The molecule has 140 valence electrons. The van der Waals surface area contributed by atoms with Crippen molar-refractivity contribution in [1.29, 1.82) is 0 Å². The second-order valence-electron chi connectivity index (χ2n) is 8.73. The zero-order valence-electron chi connectivity index (χ0n) is 16.1. The number of aromatic nitrogens is 3. The predicted molar refractivity (Wildman–Crippen MR) is 96.4 cm³/mol. The molecule has 2 heterocycles. The molecule has 0 aromatic carbocycles. The van der Waals surface area contributed by atoms with Crippen molar-refractivity contribution in [2.24, 2.45) is 5.92 Å². The third-order valence-electron chi connectivity index (χ3n) is 5.48. The number of rotatable bonds is 3. The first-order chi connectivity index (χ1) is 11.8. The number of likely N-dealkylation sites (tertiary alicyclic amines) is 1. The summed E-state index contributed by atoms with van der Waals surface area (Å²) >= 11 is 0. The summed E-state index contributed by atoms with van der Waals surface area (Å²) in [6.45, 7) is 9.96. The van der Waals surface area contributed by atoms with Gasteiger partial charge in [0.25, 0.3) is 5.91 Å². The summed E-state index contributed by atoms with van der Waals surface area (Å²) in [5.74, 6) is 0.835. The Balaban J connectivity index is 1.48. The Kier molecular flexibility index (Phi) is 5.46. The summed E-state index contributed by atoms with van der Waals surface area (Å²) in [6.07, 6.45) is 9.27. The first-order valence-electron chi connectivity index (χ1n) is 9.70. The minimum atomic E-state index is -0.163. The van der Waals surface area contributed by atoms with E-state index < -0.39 is 0 Å². The van der Waals surface area contributed by atoms with Gasteiger partial charge in [-0.05, 0) is 65.2 Å². The van der Waals surface area contributed by atoms with Crippen LogP contribution in [-0.2, 0) is 10.3 Å². The molecule has 2 fully saturated rings. The van der Waals surface area contributed by atoms with Gasteiger partial charge >= 0.3 is 0 Å². The van der Waals surface area contributed by atoms with Gasteiger partial charge in [-0.15, -0.1) is 5.10 Å². The van der Waals surface area contributed by atoms with Crippen molar-refractivity contribution in [1.82, 2.24) is 19.9 Å². The molecule has 0 spiro atoms. The van der Waals surface area contributed by atoms with Crippen LogP contribution >= 0.6 is 0 Å². The average molecular weight is 348 g/mol. The highest BCUT2D eigenvalue weighted by atomic mass is 16.5. The number of nitrogens with zero attached hydrogens (tertiary/aromatic N) is 4. The summed E-state index contributed by atoms with van der Waals surface area (Å²) in [5, 5.41) is 8.16. The first-order valence-corrected chi connectivity index (χ1v) is 9.70. The van der Waals surface area contributed by atoms with Crippen molar-refractivity contribution < 1.29 is 9.53 Å². The third kappa shape index (κ3) is 4.60. The summed E-state index contributed by atoms with van der Waals surface area (Å²) in [5.41, 5.74) is 0.277. The lowest BCUT2D eigenvalue weighted by Crippen LogP contribution is -2.42. The third-order valence-corrected chi connectivity index (χ3v) is 5.48. The number of hydrogen-bond donors (Lipinski definition) is 0. The predicted octanol–water partition coefficient (Wildman–Crippen LogP) is 3.23. The SMILES string of the molecule is CC1CCC(OC2CCN(C(=O)c3cn(C(C)(C)C)nn3)CC2)CC1. The fraction of sp³-hybridized carbons (Fsp3) is 0.842. The Hall–Kier alpha value is -1.43.